The molecule has 0 saturated heterocycles. The quantitative estimate of drug-likeness (QED) is 0.551. The van der Waals surface area contributed by atoms with Gasteiger partial charge in [-0.3, -0.25) is 0 Å². The Kier molecular flexibility index (Phi) is 4.76. The second kappa shape index (κ2) is 5.08. The van der Waals surface area contributed by atoms with E-state index in [4.69, 9.17) is 5.11 Å². The van der Waals surface area contributed by atoms with Crippen LogP contribution in [0.25, 0.3) is 0 Å². The number of aliphatic hydroxyl groups is 1. The van der Waals surface area contributed by atoms with Gasteiger partial charge >= 0.3 is 35.8 Å². The fourth-order valence-electron chi connectivity index (χ4n) is 0.980. The van der Waals surface area contributed by atoms with E-state index in [2.05, 4.69) is 0 Å². The summed E-state index contributed by atoms with van der Waals surface area (Å²) < 4.78 is 161. The maximum atomic E-state index is 12.7. The maximum Gasteiger partial charge on any atom is 0.460 e. The molecule has 0 radical (unpaired) electrons. The molecule has 0 aliphatic carbocycles. The zero-order chi connectivity index (χ0) is 18.4. The van der Waals surface area contributed by atoms with Crippen LogP contribution in [0.2, 0.25) is 0 Å². The van der Waals surface area contributed by atoms with Gasteiger partial charge < -0.3 is 5.11 Å². The second-order valence-electron chi connectivity index (χ2n) is 3.73. The average Bonchev–Trinajstić information content (AvgIpc) is 2.26. The van der Waals surface area contributed by atoms with Gasteiger partial charge in [0, 0.05) is 6.08 Å². The van der Waals surface area contributed by atoms with Crippen molar-refractivity contribution < 1.29 is 62.2 Å². The summed E-state index contributed by atoms with van der Waals surface area (Å²) in [6.45, 7) is 0. The third-order valence-electron chi connectivity index (χ3n) is 2.24. The predicted molar refractivity (Wildman–Crippen MR) is 42.6 cm³/mol. The first-order valence-electron chi connectivity index (χ1n) is 4.59. The molecular formula is C8H3F13O. The van der Waals surface area contributed by atoms with Crippen LogP contribution < -0.4 is 0 Å². The average molecular weight is 362 g/mol. The van der Waals surface area contributed by atoms with Crippen molar-refractivity contribution in [3.8, 4) is 0 Å². The Morgan fingerprint density at radius 3 is 1.09 bits per heavy atom. The third kappa shape index (κ3) is 2.55. The van der Waals surface area contributed by atoms with Gasteiger partial charge in [0.15, 0.2) is 0 Å². The highest BCUT2D eigenvalue weighted by Crippen LogP contribution is 2.60. The fourth-order valence-corrected chi connectivity index (χ4v) is 0.980. The Balaban J connectivity index is 6.23. The van der Waals surface area contributed by atoms with Crippen LogP contribution in [-0.2, 0) is 0 Å². The smallest absolute Gasteiger partial charge is 0.460 e. The van der Waals surface area contributed by atoms with Crippen LogP contribution in [0.4, 0.5) is 57.1 Å². The van der Waals surface area contributed by atoms with Gasteiger partial charge in [-0.25, -0.2) is 0 Å². The molecule has 132 valence electrons. The van der Waals surface area contributed by atoms with Crippen molar-refractivity contribution >= 4 is 0 Å². The van der Waals surface area contributed by atoms with E-state index in [1.165, 1.54) is 0 Å². The molecule has 0 aliphatic rings. The van der Waals surface area contributed by atoms with Crippen LogP contribution in [0.1, 0.15) is 0 Å². The van der Waals surface area contributed by atoms with Crippen LogP contribution >= 0.6 is 0 Å². The van der Waals surface area contributed by atoms with E-state index in [0.29, 0.717) is 0 Å². The number of hydrogen-bond acceptors (Lipinski definition) is 1. The highest BCUT2D eigenvalue weighted by atomic mass is 19.4. The van der Waals surface area contributed by atoms with Crippen molar-refractivity contribution in [3.05, 3.63) is 12.3 Å². The lowest BCUT2D eigenvalue weighted by Gasteiger charge is -2.38. The lowest BCUT2D eigenvalue weighted by molar-refractivity contribution is -0.436. The summed E-state index contributed by atoms with van der Waals surface area (Å²) in [5, 5.41) is 7.77. The molecule has 0 saturated carbocycles. The first-order chi connectivity index (χ1) is 9.31. The van der Waals surface area contributed by atoms with Crippen LogP contribution in [0.5, 0.6) is 0 Å². The summed E-state index contributed by atoms with van der Waals surface area (Å²) in [4.78, 5) is 0. The molecule has 0 heterocycles. The van der Waals surface area contributed by atoms with Gasteiger partial charge in [-0.2, -0.15) is 57.1 Å². The molecule has 0 aromatic heterocycles. The van der Waals surface area contributed by atoms with E-state index < -0.39 is 48.1 Å². The lowest BCUT2D eigenvalue weighted by atomic mass is 9.94. The van der Waals surface area contributed by atoms with Crippen molar-refractivity contribution in [2.45, 2.75) is 35.8 Å². The first-order valence-corrected chi connectivity index (χ1v) is 4.59. The SMILES string of the molecule is O/C=C/C(F)(F)C(F)(F)C(F)(F)C(F)(F)C(F)(F)C(F)(F)F. The number of alkyl halides is 13. The summed E-state index contributed by atoms with van der Waals surface area (Å²) in [6, 6.07) is 0. The minimum absolute atomic E-state index is 1.01. The summed E-state index contributed by atoms with van der Waals surface area (Å²) in [5.41, 5.74) is 0. The summed E-state index contributed by atoms with van der Waals surface area (Å²) in [7, 11) is 0. The largest absolute Gasteiger partial charge is 0.516 e. The molecule has 0 aromatic rings. The van der Waals surface area contributed by atoms with Gasteiger partial charge in [0.2, 0.25) is 0 Å². The Morgan fingerprint density at radius 1 is 0.500 bits per heavy atom. The minimum Gasteiger partial charge on any atom is -0.516 e. The number of rotatable bonds is 5. The molecule has 0 atom stereocenters. The van der Waals surface area contributed by atoms with Crippen molar-refractivity contribution in [1.82, 2.24) is 0 Å². The van der Waals surface area contributed by atoms with Crippen molar-refractivity contribution in [1.29, 1.82) is 0 Å². The number of hydrogen-bond donors (Lipinski definition) is 1. The number of halogens is 13. The standard InChI is InChI=1S/C8H3F13O/c9-3(10,1-2-22)4(11,12)5(13,14)6(15,16)7(17,18)8(19,20)21/h1-2,22H/b2-1+. The zero-order valence-corrected chi connectivity index (χ0v) is 9.52. The van der Waals surface area contributed by atoms with Crippen LogP contribution in [0, 0.1) is 0 Å². The monoisotopic (exact) mass is 362 g/mol. The predicted octanol–water partition coefficient (Wildman–Crippen LogP) is 4.80. The molecule has 0 aliphatic heterocycles. The van der Waals surface area contributed by atoms with Gasteiger partial charge in [-0.15, -0.1) is 0 Å². The van der Waals surface area contributed by atoms with Gasteiger partial charge in [-0.1, -0.05) is 0 Å². The third-order valence-corrected chi connectivity index (χ3v) is 2.24. The van der Waals surface area contributed by atoms with Gasteiger partial charge in [0.25, 0.3) is 0 Å². The molecule has 22 heavy (non-hydrogen) atoms. The molecule has 0 fully saturated rings. The zero-order valence-electron chi connectivity index (χ0n) is 9.52. The Hall–Kier alpha value is -1.37. The molecule has 0 amide bonds. The molecule has 0 spiro atoms. The maximum absolute atomic E-state index is 12.7. The second-order valence-corrected chi connectivity index (χ2v) is 3.73. The van der Waals surface area contributed by atoms with E-state index in [1.807, 2.05) is 0 Å². The Morgan fingerprint density at radius 2 is 0.818 bits per heavy atom. The minimum atomic E-state index is -7.92. The number of allylic oxidation sites excluding steroid dienone is 1. The molecule has 14 heteroatoms. The topological polar surface area (TPSA) is 20.2 Å². The molecule has 0 bridgehead atoms. The van der Waals surface area contributed by atoms with Gasteiger partial charge in [0.05, 0.1) is 6.26 Å². The van der Waals surface area contributed by atoms with Gasteiger partial charge in [-0.05, 0) is 0 Å². The molecular weight excluding hydrogens is 359 g/mol. The van der Waals surface area contributed by atoms with Crippen molar-refractivity contribution in [2.24, 2.45) is 0 Å². The van der Waals surface area contributed by atoms with E-state index in [-0.39, 0.29) is 0 Å². The summed E-state index contributed by atoms with van der Waals surface area (Å²) in [6.07, 6.45) is -9.93. The van der Waals surface area contributed by atoms with Crippen molar-refractivity contribution in [2.75, 3.05) is 0 Å². The fraction of sp³-hybridized carbons (Fsp3) is 0.750. The van der Waals surface area contributed by atoms with Gasteiger partial charge in [0.1, 0.15) is 0 Å². The van der Waals surface area contributed by atoms with Crippen LogP contribution in [-0.4, -0.2) is 40.9 Å². The Labute approximate surface area is 112 Å². The highest BCUT2D eigenvalue weighted by Gasteiger charge is 2.90. The molecule has 0 unspecified atom stereocenters. The van der Waals surface area contributed by atoms with E-state index in [0.717, 1.165) is 0 Å². The van der Waals surface area contributed by atoms with Crippen LogP contribution in [0.3, 0.4) is 0 Å². The first kappa shape index (κ1) is 20.6. The molecule has 1 N–H and O–H groups in total. The molecule has 1 nitrogen and oxygen atoms in total. The normalized spacial score (nSPS) is 16.4. The summed E-state index contributed by atoms with van der Waals surface area (Å²) >= 11 is 0. The molecule has 0 aromatic carbocycles. The van der Waals surface area contributed by atoms with Crippen LogP contribution in [0.15, 0.2) is 12.3 Å². The van der Waals surface area contributed by atoms with E-state index in [9.17, 15) is 57.1 Å². The summed E-state index contributed by atoms with van der Waals surface area (Å²) in [5.74, 6) is -37.3. The Bertz CT molecular complexity index is 432. The number of aliphatic hydroxyl groups excluding tert-OH is 1. The van der Waals surface area contributed by atoms with Crippen molar-refractivity contribution in [3.63, 3.8) is 0 Å². The van der Waals surface area contributed by atoms with E-state index in [1.54, 1.807) is 0 Å². The highest BCUT2D eigenvalue weighted by molar-refractivity contribution is 5.14. The lowest BCUT2D eigenvalue weighted by Crippen LogP contribution is -2.69. The molecule has 0 rings (SSSR count). The van der Waals surface area contributed by atoms with E-state index >= 15 is 0 Å².